The summed E-state index contributed by atoms with van der Waals surface area (Å²) in [5, 5.41) is 9.96. The van der Waals surface area contributed by atoms with Crippen LogP contribution in [0.5, 0.6) is 0 Å². The lowest BCUT2D eigenvalue weighted by molar-refractivity contribution is 0.198. The van der Waals surface area contributed by atoms with Gasteiger partial charge in [-0.2, -0.15) is 0 Å². The third kappa shape index (κ3) is 2.12. The molecule has 3 unspecified atom stereocenters. The molecule has 0 aliphatic heterocycles. The van der Waals surface area contributed by atoms with Gasteiger partial charge in [0.15, 0.2) is 0 Å². The maximum Gasteiger partial charge on any atom is 0.0764 e. The van der Waals surface area contributed by atoms with Crippen LogP contribution in [0.1, 0.15) is 75.8 Å². The van der Waals surface area contributed by atoms with Gasteiger partial charge in [-0.05, 0) is 59.3 Å². The van der Waals surface area contributed by atoms with Crippen molar-refractivity contribution in [3.63, 3.8) is 0 Å². The summed E-state index contributed by atoms with van der Waals surface area (Å²) in [5.74, 6) is 1.88. The Morgan fingerprint density at radius 3 is 2.21 bits per heavy atom. The molecule has 1 aromatic carbocycles. The van der Waals surface area contributed by atoms with Crippen molar-refractivity contribution in [2.24, 2.45) is 11.8 Å². The van der Waals surface area contributed by atoms with Crippen LogP contribution in [0.3, 0.4) is 0 Å². The number of benzene rings is 1. The Balaban J connectivity index is 2.66. The maximum atomic E-state index is 9.96. The summed E-state index contributed by atoms with van der Waals surface area (Å²) >= 11 is 0. The minimum absolute atomic E-state index is 0.228. The normalized spacial score (nSPS) is 26.6. The Bertz CT molecular complexity index is 483. The fourth-order valence-electron chi connectivity index (χ4n) is 3.93. The summed E-state index contributed by atoms with van der Waals surface area (Å²) in [7, 11) is 0. The molecule has 0 heterocycles. The van der Waals surface area contributed by atoms with E-state index in [1.165, 1.54) is 16.7 Å². The number of aliphatic hydroxyl groups is 1. The molecular formula is C18H28O. The summed E-state index contributed by atoms with van der Waals surface area (Å²) in [6.07, 6.45) is -0.378. The molecule has 0 saturated heterocycles. The quantitative estimate of drug-likeness (QED) is 0.816. The molecule has 1 aliphatic carbocycles. The molecule has 1 aliphatic rings. The van der Waals surface area contributed by atoms with Crippen LogP contribution in [0.25, 0.3) is 0 Å². The van der Waals surface area contributed by atoms with E-state index >= 15 is 0 Å². The van der Waals surface area contributed by atoms with Gasteiger partial charge in [0.05, 0.1) is 6.10 Å². The summed E-state index contributed by atoms with van der Waals surface area (Å²) in [4.78, 5) is 0. The first-order valence-electron chi connectivity index (χ1n) is 7.50. The molecule has 1 heteroatoms. The number of fused-ring (bicyclic) bond motifs is 1. The van der Waals surface area contributed by atoms with Crippen LogP contribution in [0.15, 0.2) is 12.1 Å². The van der Waals surface area contributed by atoms with Gasteiger partial charge in [0.2, 0.25) is 0 Å². The Morgan fingerprint density at radius 2 is 1.74 bits per heavy atom. The second-order valence-electron chi connectivity index (χ2n) is 7.25. The summed E-state index contributed by atoms with van der Waals surface area (Å²) in [5.41, 5.74) is 5.49. The molecular weight excluding hydrogens is 232 g/mol. The zero-order valence-electron chi connectivity index (χ0n) is 13.4. The lowest BCUT2D eigenvalue weighted by atomic mass is 9.74. The van der Waals surface area contributed by atoms with Gasteiger partial charge in [0.25, 0.3) is 0 Å². The molecule has 0 aromatic heterocycles. The summed E-state index contributed by atoms with van der Waals surface area (Å²) in [6, 6.07) is 4.58. The number of rotatable bonds is 2. The zero-order valence-corrected chi connectivity index (χ0v) is 13.4. The third-order valence-electron chi connectivity index (χ3n) is 5.34. The van der Waals surface area contributed by atoms with Crippen LogP contribution in [-0.2, 0) is 5.41 Å². The van der Waals surface area contributed by atoms with E-state index in [0.717, 1.165) is 5.56 Å². The van der Waals surface area contributed by atoms with E-state index in [0.29, 0.717) is 17.8 Å². The number of aryl methyl sites for hydroxylation is 1. The van der Waals surface area contributed by atoms with Gasteiger partial charge in [0, 0.05) is 0 Å². The molecule has 0 saturated carbocycles. The van der Waals surface area contributed by atoms with E-state index < -0.39 is 0 Å². The fraction of sp³-hybridized carbons (Fsp3) is 0.667. The third-order valence-corrected chi connectivity index (χ3v) is 5.34. The lowest BCUT2D eigenvalue weighted by Crippen LogP contribution is -2.25. The lowest BCUT2D eigenvalue weighted by Gasteiger charge is -2.30. The number of hydrogen-bond donors (Lipinski definition) is 1. The van der Waals surface area contributed by atoms with Crippen LogP contribution in [0.4, 0.5) is 0 Å². The summed E-state index contributed by atoms with van der Waals surface area (Å²) < 4.78 is 0. The van der Waals surface area contributed by atoms with Gasteiger partial charge in [-0.15, -0.1) is 0 Å². The van der Waals surface area contributed by atoms with Crippen molar-refractivity contribution in [1.82, 2.24) is 0 Å². The van der Waals surface area contributed by atoms with Crippen LogP contribution in [0.2, 0.25) is 0 Å². The highest BCUT2D eigenvalue weighted by Gasteiger charge is 2.44. The highest BCUT2D eigenvalue weighted by atomic mass is 16.3. The number of aliphatic hydroxyl groups excluding tert-OH is 1. The Kier molecular flexibility index (Phi) is 3.55. The van der Waals surface area contributed by atoms with E-state index in [4.69, 9.17) is 0 Å². The second kappa shape index (κ2) is 4.63. The molecule has 0 amide bonds. The van der Waals surface area contributed by atoms with Crippen LogP contribution in [-0.4, -0.2) is 5.11 Å². The van der Waals surface area contributed by atoms with Crippen molar-refractivity contribution >= 4 is 0 Å². The average Bonchev–Trinajstić information content (AvgIpc) is 2.47. The molecule has 1 aromatic rings. The van der Waals surface area contributed by atoms with Gasteiger partial charge >= 0.3 is 0 Å². The van der Waals surface area contributed by atoms with E-state index in [2.05, 4.69) is 53.7 Å². The minimum Gasteiger partial charge on any atom is -0.389 e. The standard InChI is InChI=1S/C18H28O/c1-10(2)17-12(4)18(6,7)16-8-11(3)14(13(5)19)9-15(16)17/h8-10,12-13,17,19H,1-7H3. The number of hydrogen-bond acceptors (Lipinski definition) is 1. The Morgan fingerprint density at radius 1 is 1.16 bits per heavy atom. The van der Waals surface area contributed by atoms with E-state index in [1.807, 2.05) is 6.92 Å². The van der Waals surface area contributed by atoms with E-state index in [1.54, 1.807) is 0 Å². The van der Waals surface area contributed by atoms with Crippen molar-refractivity contribution in [3.05, 3.63) is 34.4 Å². The zero-order chi connectivity index (χ0) is 14.5. The second-order valence-corrected chi connectivity index (χ2v) is 7.25. The van der Waals surface area contributed by atoms with Crippen LogP contribution in [0, 0.1) is 18.8 Å². The molecule has 1 nitrogen and oxygen atoms in total. The highest BCUT2D eigenvalue weighted by molar-refractivity contribution is 5.49. The smallest absolute Gasteiger partial charge is 0.0764 e. The molecule has 3 atom stereocenters. The van der Waals surface area contributed by atoms with Crippen LogP contribution >= 0.6 is 0 Å². The monoisotopic (exact) mass is 260 g/mol. The van der Waals surface area contributed by atoms with Gasteiger partial charge in [-0.1, -0.05) is 46.8 Å². The van der Waals surface area contributed by atoms with Crippen molar-refractivity contribution in [2.45, 2.75) is 65.9 Å². The molecule has 0 fully saturated rings. The first kappa shape index (κ1) is 14.6. The van der Waals surface area contributed by atoms with Gasteiger partial charge in [0.1, 0.15) is 0 Å². The Labute approximate surface area is 118 Å². The first-order valence-corrected chi connectivity index (χ1v) is 7.50. The van der Waals surface area contributed by atoms with Crippen molar-refractivity contribution in [2.75, 3.05) is 0 Å². The van der Waals surface area contributed by atoms with Gasteiger partial charge < -0.3 is 5.11 Å². The predicted molar refractivity (Wildman–Crippen MR) is 81.6 cm³/mol. The first-order chi connectivity index (χ1) is 8.67. The Hall–Kier alpha value is -0.820. The van der Waals surface area contributed by atoms with Crippen LogP contribution < -0.4 is 0 Å². The average molecular weight is 260 g/mol. The topological polar surface area (TPSA) is 20.2 Å². The SMILES string of the molecule is Cc1cc2c(cc1C(C)O)C(C(C)C)C(C)C2(C)C. The molecule has 0 spiro atoms. The molecule has 106 valence electrons. The van der Waals surface area contributed by atoms with E-state index in [-0.39, 0.29) is 11.5 Å². The molecule has 0 bridgehead atoms. The largest absolute Gasteiger partial charge is 0.389 e. The van der Waals surface area contributed by atoms with Crippen molar-refractivity contribution in [1.29, 1.82) is 0 Å². The van der Waals surface area contributed by atoms with Crippen molar-refractivity contribution < 1.29 is 5.11 Å². The summed E-state index contributed by atoms with van der Waals surface area (Å²) in [6.45, 7) is 15.7. The van der Waals surface area contributed by atoms with Crippen molar-refractivity contribution in [3.8, 4) is 0 Å². The fourth-order valence-corrected chi connectivity index (χ4v) is 3.93. The van der Waals surface area contributed by atoms with E-state index in [9.17, 15) is 5.11 Å². The molecule has 0 radical (unpaired) electrons. The predicted octanol–water partition coefficient (Wildman–Crippen LogP) is 4.72. The van der Waals surface area contributed by atoms with Gasteiger partial charge in [-0.25, -0.2) is 0 Å². The highest BCUT2D eigenvalue weighted by Crippen LogP contribution is 2.53. The molecule has 1 N–H and O–H groups in total. The molecule has 2 rings (SSSR count). The minimum atomic E-state index is -0.378. The molecule has 19 heavy (non-hydrogen) atoms. The van der Waals surface area contributed by atoms with Gasteiger partial charge in [-0.3, -0.25) is 0 Å². The maximum absolute atomic E-state index is 9.96.